The minimum Gasteiger partial charge on any atom is -0.261 e. The Kier molecular flexibility index (Phi) is 3.20. The summed E-state index contributed by atoms with van der Waals surface area (Å²) in [4.78, 5) is 4.34. The van der Waals surface area contributed by atoms with Crippen molar-refractivity contribution < 1.29 is 0 Å². The summed E-state index contributed by atoms with van der Waals surface area (Å²) >= 11 is 0. The van der Waals surface area contributed by atoms with Crippen LogP contribution < -0.4 is 0 Å². The molecule has 2 rings (SSSR count). The van der Waals surface area contributed by atoms with Crippen LogP contribution in [0.15, 0.2) is 36.5 Å². The molecule has 2 nitrogen and oxygen atoms in total. The summed E-state index contributed by atoms with van der Waals surface area (Å²) in [5.41, 5.74) is 5.17. The van der Waals surface area contributed by atoms with Crippen LogP contribution in [-0.4, -0.2) is 4.98 Å². The summed E-state index contributed by atoms with van der Waals surface area (Å²) in [6, 6.07) is 11.9. The number of nitriles is 1. The molecule has 2 aromatic rings. The van der Waals surface area contributed by atoms with Gasteiger partial charge in [0.25, 0.3) is 0 Å². The Balaban J connectivity index is 2.56. The van der Waals surface area contributed by atoms with Crippen molar-refractivity contribution in [3.8, 4) is 17.2 Å². The molecule has 84 valence electrons. The summed E-state index contributed by atoms with van der Waals surface area (Å²) in [6.07, 6.45) is 2.86. The van der Waals surface area contributed by atoms with E-state index in [1.807, 2.05) is 37.4 Å². The predicted octanol–water partition coefficient (Wildman–Crippen LogP) is 3.49. The lowest BCUT2D eigenvalue weighted by molar-refractivity contribution is 1.09. The molecule has 0 amide bonds. The Labute approximate surface area is 102 Å². The summed E-state index contributed by atoms with van der Waals surface area (Å²) in [5, 5.41) is 8.91. The number of pyridine rings is 1. The van der Waals surface area contributed by atoms with E-state index in [2.05, 4.69) is 24.0 Å². The van der Waals surface area contributed by atoms with Gasteiger partial charge in [-0.05, 0) is 42.7 Å². The predicted molar refractivity (Wildman–Crippen MR) is 68.5 cm³/mol. The molecule has 2 heteroatoms. The Morgan fingerprint density at radius 1 is 1.29 bits per heavy atom. The lowest BCUT2D eigenvalue weighted by Crippen LogP contribution is -1.92. The number of aromatic nitrogens is 1. The van der Waals surface area contributed by atoms with Crippen LogP contribution in [-0.2, 0) is 6.42 Å². The lowest BCUT2D eigenvalue weighted by Gasteiger charge is -2.08. The Hall–Kier alpha value is -2.14. The van der Waals surface area contributed by atoms with E-state index in [-0.39, 0.29) is 0 Å². The summed E-state index contributed by atoms with van der Waals surface area (Å²) in [5.74, 6) is 0. The second-order valence-electron chi connectivity index (χ2n) is 4.03. The number of hydrogen-bond donors (Lipinski definition) is 0. The van der Waals surface area contributed by atoms with Crippen LogP contribution >= 0.6 is 0 Å². The third-order valence-corrected chi connectivity index (χ3v) is 2.81. The van der Waals surface area contributed by atoms with Crippen molar-refractivity contribution in [1.82, 2.24) is 4.98 Å². The molecule has 0 aliphatic rings. The maximum absolute atomic E-state index is 8.91. The maximum atomic E-state index is 8.91. The first-order chi connectivity index (χ1) is 8.24. The summed E-state index contributed by atoms with van der Waals surface area (Å²) in [7, 11) is 0. The van der Waals surface area contributed by atoms with E-state index in [1.54, 1.807) is 0 Å². The molecule has 1 aromatic carbocycles. The zero-order chi connectivity index (χ0) is 12.3. The molecule has 0 saturated heterocycles. The van der Waals surface area contributed by atoms with Gasteiger partial charge in [-0.15, -0.1) is 0 Å². The highest BCUT2D eigenvalue weighted by molar-refractivity contribution is 5.68. The topological polar surface area (TPSA) is 36.7 Å². The van der Waals surface area contributed by atoms with E-state index in [0.29, 0.717) is 5.56 Å². The van der Waals surface area contributed by atoms with Crippen LogP contribution in [0, 0.1) is 18.3 Å². The largest absolute Gasteiger partial charge is 0.261 e. The fraction of sp³-hybridized carbons (Fsp3) is 0.200. The van der Waals surface area contributed by atoms with E-state index in [4.69, 9.17) is 5.26 Å². The Bertz CT molecular complexity index is 580. The molecular formula is C15H14N2. The third-order valence-electron chi connectivity index (χ3n) is 2.81. The quantitative estimate of drug-likeness (QED) is 0.779. The second kappa shape index (κ2) is 4.80. The molecule has 0 aliphatic heterocycles. The van der Waals surface area contributed by atoms with E-state index >= 15 is 0 Å². The molecule has 0 bridgehead atoms. The van der Waals surface area contributed by atoms with Crippen molar-refractivity contribution in [2.75, 3.05) is 0 Å². The normalized spacial score (nSPS) is 9.94. The molecule has 0 N–H and O–H groups in total. The van der Waals surface area contributed by atoms with Crippen molar-refractivity contribution in [3.05, 3.63) is 53.3 Å². The van der Waals surface area contributed by atoms with E-state index < -0.39 is 0 Å². The molecule has 0 atom stereocenters. The molecular weight excluding hydrogens is 208 g/mol. The zero-order valence-corrected chi connectivity index (χ0v) is 10.1. The first-order valence-corrected chi connectivity index (χ1v) is 5.70. The van der Waals surface area contributed by atoms with Gasteiger partial charge in [-0.2, -0.15) is 5.26 Å². The molecule has 1 aromatic heterocycles. The fourth-order valence-electron chi connectivity index (χ4n) is 1.93. The van der Waals surface area contributed by atoms with Crippen LogP contribution in [0.4, 0.5) is 0 Å². The molecule has 17 heavy (non-hydrogen) atoms. The fourth-order valence-corrected chi connectivity index (χ4v) is 1.93. The van der Waals surface area contributed by atoms with Gasteiger partial charge < -0.3 is 0 Å². The first-order valence-electron chi connectivity index (χ1n) is 5.70. The summed E-state index contributed by atoms with van der Waals surface area (Å²) in [6.45, 7) is 4.13. The minimum absolute atomic E-state index is 0.685. The Morgan fingerprint density at radius 2 is 2.12 bits per heavy atom. The average molecular weight is 222 g/mol. The van der Waals surface area contributed by atoms with Crippen LogP contribution in [0.1, 0.15) is 23.7 Å². The van der Waals surface area contributed by atoms with Gasteiger partial charge in [-0.3, -0.25) is 4.98 Å². The third kappa shape index (κ3) is 2.34. The lowest BCUT2D eigenvalue weighted by atomic mass is 9.98. The molecule has 1 heterocycles. The number of nitrogens with zero attached hydrogens (tertiary/aromatic N) is 2. The summed E-state index contributed by atoms with van der Waals surface area (Å²) < 4.78 is 0. The van der Waals surface area contributed by atoms with Gasteiger partial charge in [-0.25, -0.2) is 0 Å². The minimum atomic E-state index is 0.685. The van der Waals surface area contributed by atoms with Crippen LogP contribution in [0.25, 0.3) is 11.1 Å². The highest BCUT2D eigenvalue weighted by Crippen LogP contribution is 2.24. The van der Waals surface area contributed by atoms with Crippen LogP contribution in [0.2, 0.25) is 0 Å². The van der Waals surface area contributed by atoms with Gasteiger partial charge in [0, 0.05) is 17.5 Å². The van der Waals surface area contributed by atoms with Crippen LogP contribution in [0.5, 0.6) is 0 Å². The molecule has 0 unspecified atom stereocenters. The van der Waals surface area contributed by atoms with Crippen molar-refractivity contribution in [2.24, 2.45) is 0 Å². The van der Waals surface area contributed by atoms with E-state index in [9.17, 15) is 0 Å². The van der Waals surface area contributed by atoms with Crippen molar-refractivity contribution in [2.45, 2.75) is 20.3 Å². The van der Waals surface area contributed by atoms with Gasteiger partial charge in [0.15, 0.2) is 0 Å². The molecule has 0 aliphatic carbocycles. The Morgan fingerprint density at radius 3 is 2.82 bits per heavy atom. The number of rotatable bonds is 2. The second-order valence-corrected chi connectivity index (χ2v) is 4.03. The van der Waals surface area contributed by atoms with Crippen molar-refractivity contribution in [3.63, 3.8) is 0 Å². The standard InChI is InChI=1S/C15H14N2/c1-3-13-7-11(2)17-10-15(13)14-6-4-5-12(8-14)9-16/h4-8,10H,3H2,1-2H3. The number of benzene rings is 1. The van der Waals surface area contributed by atoms with E-state index in [1.165, 1.54) is 5.56 Å². The van der Waals surface area contributed by atoms with Gasteiger partial charge in [0.2, 0.25) is 0 Å². The highest BCUT2D eigenvalue weighted by atomic mass is 14.7. The molecule has 0 fully saturated rings. The smallest absolute Gasteiger partial charge is 0.0991 e. The number of aryl methyl sites for hydroxylation is 2. The SMILES string of the molecule is CCc1cc(C)ncc1-c1cccc(C#N)c1. The van der Waals surface area contributed by atoms with Crippen molar-refractivity contribution >= 4 is 0 Å². The molecule has 0 saturated carbocycles. The first kappa shape index (κ1) is 11.3. The van der Waals surface area contributed by atoms with Gasteiger partial charge in [0.05, 0.1) is 11.6 Å². The van der Waals surface area contributed by atoms with E-state index in [0.717, 1.165) is 23.2 Å². The molecule has 0 spiro atoms. The monoisotopic (exact) mass is 222 g/mol. The number of hydrogen-bond acceptors (Lipinski definition) is 2. The zero-order valence-electron chi connectivity index (χ0n) is 10.1. The maximum Gasteiger partial charge on any atom is 0.0991 e. The van der Waals surface area contributed by atoms with Gasteiger partial charge in [0.1, 0.15) is 0 Å². The van der Waals surface area contributed by atoms with Crippen LogP contribution in [0.3, 0.4) is 0 Å². The van der Waals surface area contributed by atoms with Gasteiger partial charge >= 0.3 is 0 Å². The highest BCUT2D eigenvalue weighted by Gasteiger charge is 2.05. The van der Waals surface area contributed by atoms with Crippen molar-refractivity contribution in [1.29, 1.82) is 5.26 Å². The van der Waals surface area contributed by atoms with Gasteiger partial charge in [-0.1, -0.05) is 19.1 Å². The molecule has 0 radical (unpaired) electrons. The average Bonchev–Trinajstić information content (AvgIpc) is 2.38.